The van der Waals surface area contributed by atoms with Crippen LogP contribution in [0.25, 0.3) is 22.2 Å². The highest BCUT2D eigenvalue weighted by Gasteiger charge is 2.18. The van der Waals surface area contributed by atoms with E-state index in [1.807, 2.05) is 36.4 Å². The Morgan fingerprint density at radius 1 is 1.00 bits per heavy atom. The molecule has 0 aliphatic heterocycles. The second-order valence-corrected chi connectivity index (χ2v) is 7.89. The summed E-state index contributed by atoms with van der Waals surface area (Å²) in [4.78, 5) is 34.1. The molecule has 0 fully saturated rings. The lowest BCUT2D eigenvalue weighted by molar-refractivity contribution is -0.128. The topological polar surface area (TPSA) is 93.2 Å². The molecule has 0 aliphatic rings. The molecule has 2 amide bonds. The van der Waals surface area contributed by atoms with Crippen LogP contribution in [-0.4, -0.2) is 27.9 Å². The molecule has 0 saturated heterocycles. The molecule has 0 radical (unpaired) electrons. The first kappa shape index (κ1) is 21.5. The van der Waals surface area contributed by atoms with Crippen LogP contribution in [-0.2, 0) is 4.79 Å². The Morgan fingerprint density at radius 3 is 2.62 bits per heavy atom. The monoisotopic (exact) mass is 490 g/mol. The van der Waals surface area contributed by atoms with E-state index in [4.69, 9.17) is 4.74 Å². The molecule has 0 spiro atoms. The van der Waals surface area contributed by atoms with E-state index in [-0.39, 0.29) is 0 Å². The number of carbonyl (C=O) groups is 2. The maximum atomic E-state index is 13.0. The highest BCUT2D eigenvalue weighted by Crippen LogP contribution is 2.24. The number of carbonyl (C=O) groups excluding carboxylic acids is 2. The number of ether oxygens (including phenoxy) is 1. The largest absolute Gasteiger partial charge is 0.481 e. The Balaban J connectivity index is 1.51. The second-order valence-electron chi connectivity index (χ2n) is 6.97. The van der Waals surface area contributed by atoms with Gasteiger partial charge in [-0.3, -0.25) is 25.4 Å². The van der Waals surface area contributed by atoms with Crippen molar-refractivity contribution >= 4 is 38.6 Å². The molecule has 8 heteroatoms. The van der Waals surface area contributed by atoms with Crippen molar-refractivity contribution in [2.24, 2.45) is 0 Å². The van der Waals surface area contributed by atoms with E-state index in [1.165, 1.54) is 0 Å². The zero-order valence-corrected chi connectivity index (χ0v) is 18.7. The molecular formula is C24H19BrN4O3. The number of para-hydroxylation sites is 1. The summed E-state index contributed by atoms with van der Waals surface area (Å²) >= 11 is 3.36. The number of amides is 2. The SMILES string of the molecule is CC(Oc1cccc(Br)c1)C(=O)NNC(=O)c1cc(-c2cccnc2)nc2ccccc12. The van der Waals surface area contributed by atoms with Gasteiger partial charge in [-0.15, -0.1) is 0 Å². The van der Waals surface area contributed by atoms with Crippen molar-refractivity contribution in [3.63, 3.8) is 0 Å². The lowest BCUT2D eigenvalue weighted by Crippen LogP contribution is -2.47. The number of benzene rings is 2. The first-order chi connectivity index (χ1) is 15.5. The minimum absolute atomic E-state index is 0.385. The predicted octanol–water partition coefficient (Wildman–Crippen LogP) is 4.29. The smallest absolute Gasteiger partial charge is 0.279 e. The zero-order valence-electron chi connectivity index (χ0n) is 17.1. The van der Waals surface area contributed by atoms with Crippen molar-refractivity contribution in [1.82, 2.24) is 20.8 Å². The van der Waals surface area contributed by atoms with Gasteiger partial charge in [0, 0.05) is 27.8 Å². The van der Waals surface area contributed by atoms with Gasteiger partial charge in [-0.25, -0.2) is 4.98 Å². The molecule has 4 rings (SSSR count). The maximum absolute atomic E-state index is 13.0. The molecule has 7 nitrogen and oxygen atoms in total. The van der Waals surface area contributed by atoms with E-state index in [0.29, 0.717) is 27.9 Å². The quantitative estimate of drug-likeness (QED) is 0.407. The summed E-state index contributed by atoms with van der Waals surface area (Å²) in [5.74, 6) is -0.407. The number of rotatable bonds is 5. The predicted molar refractivity (Wildman–Crippen MR) is 125 cm³/mol. The third kappa shape index (κ3) is 4.92. The summed E-state index contributed by atoms with van der Waals surface area (Å²) in [5.41, 5.74) is 7.35. The van der Waals surface area contributed by atoms with Gasteiger partial charge in [0.25, 0.3) is 11.8 Å². The van der Waals surface area contributed by atoms with Crippen molar-refractivity contribution in [3.8, 4) is 17.0 Å². The Morgan fingerprint density at radius 2 is 1.84 bits per heavy atom. The molecule has 1 atom stereocenters. The van der Waals surface area contributed by atoms with E-state index in [1.54, 1.807) is 49.6 Å². The first-order valence-electron chi connectivity index (χ1n) is 9.84. The van der Waals surface area contributed by atoms with Gasteiger partial charge in [-0.05, 0) is 49.4 Å². The van der Waals surface area contributed by atoms with Crippen molar-refractivity contribution in [2.75, 3.05) is 0 Å². The van der Waals surface area contributed by atoms with Crippen LogP contribution < -0.4 is 15.6 Å². The van der Waals surface area contributed by atoms with Gasteiger partial charge in [0.2, 0.25) is 0 Å². The van der Waals surface area contributed by atoms with Gasteiger partial charge >= 0.3 is 0 Å². The summed E-state index contributed by atoms with van der Waals surface area (Å²) in [6.45, 7) is 1.60. The van der Waals surface area contributed by atoms with E-state index in [0.717, 1.165) is 10.0 Å². The molecule has 2 N–H and O–H groups in total. The summed E-state index contributed by atoms with van der Waals surface area (Å²) in [5, 5.41) is 0.672. The standard InChI is InChI=1S/C24H19BrN4O3/c1-15(32-18-8-4-7-17(25)12-18)23(30)28-29-24(31)20-13-22(16-6-5-11-26-14-16)27-21-10-3-2-9-19(20)21/h2-15H,1H3,(H,28,30)(H,29,31). The Labute approximate surface area is 193 Å². The fourth-order valence-corrected chi connectivity index (χ4v) is 3.49. The second kappa shape index (κ2) is 9.57. The number of fused-ring (bicyclic) bond motifs is 1. The van der Waals surface area contributed by atoms with Crippen LogP contribution in [0, 0.1) is 0 Å². The van der Waals surface area contributed by atoms with E-state index in [2.05, 4.69) is 36.7 Å². The van der Waals surface area contributed by atoms with Crippen LogP contribution in [0.3, 0.4) is 0 Å². The van der Waals surface area contributed by atoms with E-state index in [9.17, 15) is 9.59 Å². The summed E-state index contributed by atoms with van der Waals surface area (Å²) in [6.07, 6.45) is 2.54. The normalized spacial score (nSPS) is 11.6. The number of aromatic nitrogens is 2. The molecule has 4 aromatic rings. The van der Waals surface area contributed by atoms with E-state index >= 15 is 0 Å². The molecule has 160 valence electrons. The van der Waals surface area contributed by atoms with Gasteiger partial charge in [0.05, 0.1) is 16.8 Å². The fourth-order valence-electron chi connectivity index (χ4n) is 3.11. The van der Waals surface area contributed by atoms with Crippen LogP contribution in [0.15, 0.2) is 83.6 Å². The number of nitrogens with zero attached hydrogens (tertiary/aromatic N) is 2. The lowest BCUT2D eigenvalue weighted by Gasteiger charge is -2.16. The minimum Gasteiger partial charge on any atom is -0.481 e. The van der Waals surface area contributed by atoms with Crippen LogP contribution in [0.5, 0.6) is 5.75 Å². The molecule has 0 aliphatic carbocycles. The molecule has 0 saturated carbocycles. The number of halogens is 1. The van der Waals surface area contributed by atoms with Gasteiger partial charge in [-0.2, -0.15) is 0 Å². The highest BCUT2D eigenvalue weighted by atomic mass is 79.9. The molecule has 32 heavy (non-hydrogen) atoms. The fraction of sp³-hybridized carbons (Fsp3) is 0.0833. The van der Waals surface area contributed by atoms with Crippen molar-refractivity contribution in [2.45, 2.75) is 13.0 Å². The summed E-state index contributed by atoms with van der Waals surface area (Å²) in [6, 6.07) is 19.8. The first-order valence-corrected chi connectivity index (χ1v) is 10.6. The zero-order chi connectivity index (χ0) is 22.5. The van der Waals surface area contributed by atoms with Crippen LogP contribution >= 0.6 is 15.9 Å². The molecule has 0 bridgehead atoms. The van der Waals surface area contributed by atoms with Crippen LogP contribution in [0.1, 0.15) is 17.3 Å². The molecule has 2 aromatic carbocycles. The Kier molecular flexibility index (Phi) is 6.42. The summed E-state index contributed by atoms with van der Waals surface area (Å²) < 4.78 is 6.47. The Bertz CT molecular complexity index is 1280. The van der Waals surface area contributed by atoms with Crippen molar-refractivity contribution in [3.05, 3.63) is 89.2 Å². The van der Waals surface area contributed by atoms with Gasteiger partial charge in [0.15, 0.2) is 6.10 Å². The number of nitrogens with one attached hydrogen (secondary N) is 2. The number of hydrazine groups is 1. The van der Waals surface area contributed by atoms with Crippen molar-refractivity contribution < 1.29 is 14.3 Å². The molecular weight excluding hydrogens is 472 g/mol. The maximum Gasteiger partial charge on any atom is 0.279 e. The third-order valence-corrected chi connectivity index (χ3v) is 5.19. The van der Waals surface area contributed by atoms with Crippen LogP contribution in [0.2, 0.25) is 0 Å². The van der Waals surface area contributed by atoms with Gasteiger partial charge in [0.1, 0.15) is 5.75 Å². The third-order valence-electron chi connectivity index (χ3n) is 4.70. The summed E-state index contributed by atoms with van der Waals surface area (Å²) in [7, 11) is 0. The number of pyridine rings is 2. The van der Waals surface area contributed by atoms with Gasteiger partial charge < -0.3 is 4.74 Å². The van der Waals surface area contributed by atoms with Crippen LogP contribution in [0.4, 0.5) is 0 Å². The number of hydrogen-bond acceptors (Lipinski definition) is 5. The highest BCUT2D eigenvalue weighted by molar-refractivity contribution is 9.10. The molecule has 1 unspecified atom stereocenters. The molecule has 2 heterocycles. The average molecular weight is 491 g/mol. The lowest BCUT2D eigenvalue weighted by atomic mass is 10.0. The minimum atomic E-state index is -0.815. The Hall–Kier alpha value is -3.78. The molecule has 2 aromatic heterocycles. The van der Waals surface area contributed by atoms with E-state index < -0.39 is 17.9 Å². The average Bonchev–Trinajstić information content (AvgIpc) is 2.82. The number of hydrogen-bond donors (Lipinski definition) is 2. The van der Waals surface area contributed by atoms with Gasteiger partial charge in [-0.1, -0.05) is 40.2 Å². The van der Waals surface area contributed by atoms with Crippen molar-refractivity contribution in [1.29, 1.82) is 0 Å².